The van der Waals surface area contributed by atoms with Gasteiger partial charge in [0.1, 0.15) is 6.10 Å². The maximum Gasteiger partial charge on any atom is 0.415 e. The molecule has 1 aliphatic heterocycles. The highest BCUT2D eigenvalue weighted by atomic mass is 79.9. The van der Waals surface area contributed by atoms with Crippen LogP contribution in [0.25, 0.3) is 0 Å². The van der Waals surface area contributed by atoms with Crippen molar-refractivity contribution in [1.82, 2.24) is 5.32 Å². The smallest absolute Gasteiger partial charge is 0.415 e. The molecule has 10 heteroatoms. The minimum atomic E-state index is -5.49. The molecule has 1 saturated carbocycles. The molecule has 0 aromatic rings. The van der Waals surface area contributed by atoms with E-state index in [2.05, 4.69) is 15.9 Å². The highest BCUT2D eigenvalue weighted by Gasteiger charge is 2.81. The number of alkyl halides is 7. The highest BCUT2D eigenvalue weighted by Crippen LogP contribution is 2.59. The largest absolute Gasteiger partial charge is 0.460 e. The molecule has 4 unspecified atom stereocenters. The molecule has 1 saturated heterocycles. The third-order valence-electron chi connectivity index (χ3n) is 3.77. The Balaban J connectivity index is 2.37. The third-order valence-corrected chi connectivity index (χ3v) is 4.93. The fourth-order valence-corrected chi connectivity index (χ4v) is 4.12. The van der Waals surface area contributed by atoms with Gasteiger partial charge in [0.15, 0.2) is 0 Å². The van der Waals surface area contributed by atoms with Gasteiger partial charge in [0, 0.05) is 18.9 Å². The fraction of sp³-hybridized carbons (Fsp3) is 0.900. The molecule has 2 rings (SSSR count). The maximum absolute atomic E-state index is 13.0. The van der Waals surface area contributed by atoms with Crippen LogP contribution in [0.1, 0.15) is 13.3 Å². The van der Waals surface area contributed by atoms with Crippen LogP contribution in [0.4, 0.5) is 26.3 Å². The molecule has 2 fully saturated rings. The first-order chi connectivity index (χ1) is 8.92. The van der Waals surface area contributed by atoms with Crippen molar-refractivity contribution in [1.29, 1.82) is 0 Å². The second-order valence-corrected chi connectivity index (χ2v) is 5.97. The zero-order chi connectivity index (χ0) is 15.5. The average molecular weight is 370 g/mol. The third kappa shape index (κ3) is 2.02. The second kappa shape index (κ2) is 4.49. The van der Waals surface area contributed by atoms with Gasteiger partial charge in [0.05, 0.1) is 4.83 Å². The van der Waals surface area contributed by atoms with E-state index in [0.717, 1.165) is 6.92 Å². The number of nitrogens with one attached hydrogen (secondary N) is 1. The van der Waals surface area contributed by atoms with Crippen LogP contribution in [-0.4, -0.2) is 40.8 Å². The lowest BCUT2D eigenvalue weighted by Crippen LogP contribution is -2.73. The Bertz CT molecular complexity index is 407. The molecule has 3 nitrogen and oxygen atoms in total. The van der Waals surface area contributed by atoms with Crippen molar-refractivity contribution < 1.29 is 35.9 Å². The molecule has 4 atom stereocenters. The summed E-state index contributed by atoms with van der Waals surface area (Å²) in [4.78, 5) is 9.65. The van der Waals surface area contributed by atoms with Crippen molar-refractivity contribution in [2.24, 2.45) is 5.92 Å². The van der Waals surface area contributed by atoms with Crippen molar-refractivity contribution in [3.8, 4) is 0 Å². The molecule has 0 aromatic heterocycles. The molecule has 1 N–H and O–H groups in total. The molecule has 2 bridgehead atoms. The molecule has 20 heavy (non-hydrogen) atoms. The van der Waals surface area contributed by atoms with E-state index in [1.165, 1.54) is 0 Å². The van der Waals surface area contributed by atoms with Gasteiger partial charge in [-0.15, -0.1) is 0 Å². The number of piperidine rings is 1. The van der Waals surface area contributed by atoms with E-state index in [1.807, 2.05) is 0 Å². The molecule has 0 spiro atoms. The standard InChI is InChI=1S/C10H10BrF6NO2/c1-3(19)20-7-5-2-4(6(7)11)8(18-5,9(12,13)14)10(15,16)17/h4-7,18H,2H2,1H3. The van der Waals surface area contributed by atoms with Crippen molar-refractivity contribution in [2.45, 2.75) is 48.2 Å². The number of hydrogen-bond donors (Lipinski definition) is 1. The van der Waals surface area contributed by atoms with Crippen molar-refractivity contribution in [3.05, 3.63) is 0 Å². The lowest BCUT2D eigenvalue weighted by Gasteiger charge is -2.44. The van der Waals surface area contributed by atoms with Crippen LogP contribution >= 0.6 is 15.9 Å². The number of carbonyl (C=O) groups is 1. The molecule has 0 radical (unpaired) electrons. The summed E-state index contributed by atoms with van der Waals surface area (Å²) in [5.41, 5.74) is -3.96. The summed E-state index contributed by atoms with van der Waals surface area (Å²) in [5, 5.41) is 1.61. The van der Waals surface area contributed by atoms with Crippen molar-refractivity contribution >= 4 is 21.9 Å². The quantitative estimate of drug-likeness (QED) is 0.438. The number of halogens is 7. The summed E-state index contributed by atoms with van der Waals surface area (Å²) in [6.45, 7) is 1.05. The minimum Gasteiger partial charge on any atom is -0.460 e. The zero-order valence-electron chi connectivity index (χ0n) is 9.98. The molecular weight excluding hydrogens is 360 g/mol. The minimum absolute atomic E-state index is 0.368. The van der Waals surface area contributed by atoms with Crippen LogP contribution in [0, 0.1) is 5.92 Å². The SMILES string of the molecule is CC(=O)OC1C2CC(C1Br)C(C(F)(F)F)(C(F)(F)F)N2. The van der Waals surface area contributed by atoms with Crippen LogP contribution in [-0.2, 0) is 9.53 Å². The van der Waals surface area contributed by atoms with E-state index in [1.54, 1.807) is 5.32 Å². The molecule has 2 aliphatic rings. The van der Waals surface area contributed by atoms with E-state index >= 15 is 0 Å². The molecular formula is C10H10BrF6NO2. The topological polar surface area (TPSA) is 38.3 Å². The van der Waals surface area contributed by atoms with Gasteiger partial charge < -0.3 is 4.74 Å². The van der Waals surface area contributed by atoms with Crippen LogP contribution in [0.15, 0.2) is 0 Å². The van der Waals surface area contributed by atoms with Crippen molar-refractivity contribution in [3.63, 3.8) is 0 Å². The Morgan fingerprint density at radius 3 is 2.10 bits per heavy atom. The van der Waals surface area contributed by atoms with E-state index in [-0.39, 0.29) is 6.42 Å². The number of fused-ring (bicyclic) bond motifs is 2. The number of esters is 1. The highest BCUT2D eigenvalue weighted by molar-refractivity contribution is 9.09. The molecule has 1 heterocycles. The number of rotatable bonds is 1. The fourth-order valence-electron chi connectivity index (χ4n) is 3.03. The first-order valence-electron chi connectivity index (χ1n) is 5.64. The van der Waals surface area contributed by atoms with Gasteiger partial charge in [0.25, 0.3) is 0 Å². The monoisotopic (exact) mass is 369 g/mol. The number of ether oxygens (including phenoxy) is 1. The first kappa shape index (κ1) is 15.9. The average Bonchev–Trinajstić information content (AvgIpc) is 2.74. The molecule has 0 aromatic carbocycles. The maximum atomic E-state index is 13.0. The predicted molar refractivity (Wildman–Crippen MR) is 58.1 cm³/mol. The Morgan fingerprint density at radius 2 is 1.75 bits per heavy atom. The van der Waals surface area contributed by atoms with Crippen LogP contribution in [0.5, 0.6) is 0 Å². The lowest BCUT2D eigenvalue weighted by molar-refractivity contribution is -0.320. The van der Waals surface area contributed by atoms with Crippen LogP contribution in [0.2, 0.25) is 0 Å². The van der Waals surface area contributed by atoms with E-state index in [0.29, 0.717) is 0 Å². The summed E-state index contributed by atoms with van der Waals surface area (Å²) >= 11 is 2.83. The van der Waals surface area contributed by atoms with Gasteiger partial charge in [-0.05, 0) is 6.42 Å². The Hall–Kier alpha value is -0.510. The zero-order valence-corrected chi connectivity index (χ0v) is 11.6. The second-order valence-electron chi connectivity index (χ2n) is 4.92. The molecule has 116 valence electrons. The van der Waals surface area contributed by atoms with Gasteiger partial charge in [-0.1, -0.05) is 15.9 Å². The Kier molecular flexibility index (Phi) is 3.56. The van der Waals surface area contributed by atoms with E-state index < -0.39 is 46.8 Å². The van der Waals surface area contributed by atoms with Crippen LogP contribution in [0.3, 0.4) is 0 Å². The van der Waals surface area contributed by atoms with E-state index in [4.69, 9.17) is 4.74 Å². The van der Waals surface area contributed by atoms with Gasteiger partial charge in [-0.2, -0.15) is 26.3 Å². The van der Waals surface area contributed by atoms with Crippen molar-refractivity contribution in [2.75, 3.05) is 0 Å². The van der Waals surface area contributed by atoms with Gasteiger partial charge >= 0.3 is 18.3 Å². The lowest BCUT2D eigenvalue weighted by atomic mass is 9.82. The molecule has 0 amide bonds. The Labute approximate surface area is 118 Å². The van der Waals surface area contributed by atoms with E-state index in [9.17, 15) is 31.1 Å². The summed E-state index contributed by atoms with van der Waals surface area (Å²) in [7, 11) is 0. The summed E-state index contributed by atoms with van der Waals surface area (Å²) in [5.74, 6) is -2.53. The molecule has 1 aliphatic carbocycles. The van der Waals surface area contributed by atoms with Gasteiger partial charge in [-0.3, -0.25) is 10.1 Å². The normalized spacial score (nSPS) is 36.2. The first-order valence-corrected chi connectivity index (χ1v) is 6.56. The van der Waals surface area contributed by atoms with Crippen LogP contribution < -0.4 is 5.32 Å². The Morgan fingerprint density at radius 1 is 1.25 bits per heavy atom. The van der Waals surface area contributed by atoms with Gasteiger partial charge in [-0.25, -0.2) is 0 Å². The number of carbonyl (C=O) groups excluding carboxylic acids is 1. The predicted octanol–water partition coefficient (Wildman–Crippen LogP) is 2.54. The summed E-state index contributed by atoms with van der Waals surface area (Å²) in [6.07, 6.45) is -12.4. The van der Waals surface area contributed by atoms with Gasteiger partial charge in [0.2, 0.25) is 5.54 Å². The number of hydrogen-bond acceptors (Lipinski definition) is 3. The summed E-state index contributed by atoms with van der Waals surface area (Å²) < 4.78 is 82.9. The summed E-state index contributed by atoms with van der Waals surface area (Å²) in [6, 6.07) is -1.18.